The first-order valence-electron chi connectivity index (χ1n) is 6.98. The number of rotatable bonds is 2. The van der Waals surface area contributed by atoms with E-state index in [1.54, 1.807) is 13.0 Å². The Balaban J connectivity index is 1.89. The minimum absolute atomic E-state index is 0.167. The van der Waals surface area contributed by atoms with Crippen molar-refractivity contribution in [1.82, 2.24) is 5.16 Å². The van der Waals surface area contributed by atoms with Gasteiger partial charge in [-0.15, -0.1) is 11.3 Å². The molecule has 0 unspecified atom stereocenters. The van der Waals surface area contributed by atoms with E-state index in [0.29, 0.717) is 16.3 Å². The fourth-order valence-corrected chi connectivity index (χ4v) is 3.82. The molecule has 0 aromatic carbocycles. The minimum Gasteiger partial charge on any atom is -0.351 e. The summed E-state index contributed by atoms with van der Waals surface area (Å²) in [5.74, 6) is -0.191. The molecule has 0 atom stereocenters. The highest BCUT2D eigenvalue weighted by Gasteiger charge is 2.22. The van der Waals surface area contributed by atoms with Crippen LogP contribution in [0.15, 0.2) is 10.6 Å². The van der Waals surface area contributed by atoms with Crippen molar-refractivity contribution >= 4 is 22.2 Å². The number of thiophene rings is 1. The van der Waals surface area contributed by atoms with Crippen molar-refractivity contribution in [2.45, 2.75) is 39.0 Å². The molecule has 6 heteroatoms. The van der Waals surface area contributed by atoms with Crippen LogP contribution >= 0.6 is 11.3 Å². The van der Waals surface area contributed by atoms with Crippen LogP contribution in [0.2, 0.25) is 0 Å². The fraction of sp³-hybridized carbons (Fsp3) is 0.400. The maximum atomic E-state index is 12.1. The summed E-state index contributed by atoms with van der Waals surface area (Å²) in [6.07, 6.45) is 5.36. The van der Waals surface area contributed by atoms with E-state index in [0.717, 1.165) is 31.2 Å². The molecule has 1 aliphatic rings. The van der Waals surface area contributed by atoms with Gasteiger partial charge in [0.05, 0.1) is 11.3 Å². The standard InChI is InChI=1S/C15H15N3O2S/c1-9-7-12(20-18-9)14(19)17-15-11(8-16)10-5-3-2-4-6-13(10)21-15/h7H,2-6H2,1H3,(H,17,19). The van der Waals surface area contributed by atoms with Crippen molar-refractivity contribution < 1.29 is 9.32 Å². The summed E-state index contributed by atoms with van der Waals surface area (Å²) < 4.78 is 4.95. The Kier molecular flexibility index (Phi) is 3.76. The molecule has 21 heavy (non-hydrogen) atoms. The van der Waals surface area contributed by atoms with Crippen molar-refractivity contribution in [2.24, 2.45) is 0 Å². The number of aryl methyl sites for hydroxylation is 2. The number of nitriles is 1. The normalized spacial score (nSPS) is 14.1. The maximum Gasteiger partial charge on any atom is 0.294 e. The predicted octanol–water partition coefficient (Wildman–Crippen LogP) is 3.44. The highest BCUT2D eigenvalue weighted by Crippen LogP contribution is 2.37. The molecule has 2 heterocycles. The first-order chi connectivity index (χ1) is 10.2. The molecular formula is C15H15N3O2S. The SMILES string of the molecule is Cc1cc(C(=O)Nc2sc3c(c2C#N)CCCCC3)on1. The Hall–Kier alpha value is -2.13. The Morgan fingerprint density at radius 2 is 2.24 bits per heavy atom. The van der Waals surface area contributed by atoms with Crippen molar-refractivity contribution in [3.05, 3.63) is 33.5 Å². The van der Waals surface area contributed by atoms with Gasteiger partial charge in [-0.2, -0.15) is 5.26 Å². The summed E-state index contributed by atoms with van der Waals surface area (Å²) in [7, 11) is 0. The highest BCUT2D eigenvalue weighted by molar-refractivity contribution is 7.16. The zero-order valence-electron chi connectivity index (χ0n) is 11.7. The van der Waals surface area contributed by atoms with Gasteiger partial charge >= 0.3 is 0 Å². The van der Waals surface area contributed by atoms with Gasteiger partial charge in [0.15, 0.2) is 0 Å². The summed E-state index contributed by atoms with van der Waals surface area (Å²) in [5, 5.41) is 16.5. The first kappa shape index (κ1) is 13.8. The molecule has 0 spiro atoms. The van der Waals surface area contributed by atoms with Crippen molar-refractivity contribution in [2.75, 3.05) is 5.32 Å². The number of carbonyl (C=O) groups is 1. The lowest BCUT2D eigenvalue weighted by molar-refractivity contribution is 0.0988. The topological polar surface area (TPSA) is 78.9 Å². The third-order valence-corrected chi connectivity index (χ3v) is 4.82. The van der Waals surface area contributed by atoms with Crippen LogP contribution in [0.4, 0.5) is 5.00 Å². The van der Waals surface area contributed by atoms with Gasteiger partial charge in [-0.05, 0) is 38.2 Å². The summed E-state index contributed by atoms with van der Waals surface area (Å²) in [5.41, 5.74) is 2.38. The van der Waals surface area contributed by atoms with E-state index in [1.165, 1.54) is 22.6 Å². The number of amides is 1. The van der Waals surface area contributed by atoms with Crippen LogP contribution < -0.4 is 5.32 Å². The van der Waals surface area contributed by atoms with Crippen LogP contribution in [0.5, 0.6) is 0 Å². The summed E-state index contributed by atoms with van der Waals surface area (Å²) in [6.45, 7) is 1.76. The van der Waals surface area contributed by atoms with Crippen molar-refractivity contribution in [3.8, 4) is 6.07 Å². The second-order valence-corrected chi connectivity index (χ2v) is 6.27. The van der Waals surface area contributed by atoms with Gasteiger partial charge in [-0.1, -0.05) is 11.6 Å². The summed E-state index contributed by atoms with van der Waals surface area (Å²) in [4.78, 5) is 13.4. The van der Waals surface area contributed by atoms with E-state index < -0.39 is 0 Å². The Bertz CT molecular complexity index is 724. The van der Waals surface area contributed by atoms with Gasteiger partial charge in [0.2, 0.25) is 5.76 Å². The number of nitrogens with one attached hydrogen (secondary N) is 1. The average molecular weight is 301 g/mol. The summed E-state index contributed by atoms with van der Waals surface area (Å²) >= 11 is 1.51. The second kappa shape index (κ2) is 5.70. The first-order valence-corrected chi connectivity index (χ1v) is 7.80. The molecule has 0 bridgehead atoms. The van der Waals surface area contributed by atoms with E-state index >= 15 is 0 Å². The molecular weight excluding hydrogens is 286 g/mol. The largest absolute Gasteiger partial charge is 0.351 e. The van der Waals surface area contributed by atoms with E-state index in [1.807, 2.05) is 0 Å². The molecule has 2 aromatic heterocycles. The highest BCUT2D eigenvalue weighted by atomic mass is 32.1. The van der Waals surface area contributed by atoms with Gasteiger partial charge in [0.1, 0.15) is 11.1 Å². The smallest absolute Gasteiger partial charge is 0.294 e. The summed E-state index contributed by atoms with van der Waals surface area (Å²) in [6, 6.07) is 3.83. The zero-order valence-corrected chi connectivity index (χ0v) is 12.5. The minimum atomic E-state index is -0.358. The molecule has 5 nitrogen and oxygen atoms in total. The second-order valence-electron chi connectivity index (χ2n) is 5.17. The van der Waals surface area contributed by atoms with Crippen LogP contribution in [0.3, 0.4) is 0 Å². The van der Waals surface area contributed by atoms with Crippen molar-refractivity contribution in [3.63, 3.8) is 0 Å². The molecule has 0 radical (unpaired) electrons. The van der Waals surface area contributed by atoms with E-state index in [-0.39, 0.29) is 11.7 Å². The van der Waals surface area contributed by atoms with Gasteiger partial charge in [0, 0.05) is 10.9 Å². The fourth-order valence-electron chi connectivity index (χ4n) is 2.58. The van der Waals surface area contributed by atoms with E-state index in [9.17, 15) is 10.1 Å². The lowest BCUT2D eigenvalue weighted by Crippen LogP contribution is -2.10. The number of fused-ring (bicyclic) bond motifs is 1. The molecule has 2 aromatic rings. The van der Waals surface area contributed by atoms with Crippen molar-refractivity contribution in [1.29, 1.82) is 5.26 Å². The molecule has 0 fully saturated rings. The molecule has 1 aliphatic carbocycles. The number of carbonyl (C=O) groups excluding carboxylic acids is 1. The average Bonchev–Trinajstić information content (AvgIpc) is 2.96. The van der Waals surface area contributed by atoms with Gasteiger partial charge in [0.25, 0.3) is 5.91 Å². The number of hydrogen-bond acceptors (Lipinski definition) is 5. The number of nitrogens with zero attached hydrogens (tertiary/aromatic N) is 2. The van der Waals surface area contributed by atoms with Crippen LogP contribution in [-0.2, 0) is 12.8 Å². The maximum absolute atomic E-state index is 12.1. The van der Waals surface area contributed by atoms with Gasteiger partial charge in [-0.25, -0.2) is 0 Å². The Morgan fingerprint density at radius 3 is 2.95 bits per heavy atom. The monoisotopic (exact) mass is 301 g/mol. The predicted molar refractivity (Wildman–Crippen MR) is 79.5 cm³/mol. The van der Waals surface area contributed by atoms with Gasteiger partial charge < -0.3 is 9.84 Å². The number of aromatic nitrogens is 1. The lowest BCUT2D eigenvalue weighted by Gasteiger charge is -2.01. The van der Waals surface area contributed by atoms with Crippen LogP contribution in [0.25, 0.3) is 0 Å². The zero-order chi connectivity index (χ0) is 14.8. The molecule has 108 valence electrons. The molecule has 0 aliphatic heterocycles. The van der Waals surface area contributed by atoms with Crippen LogP contribution in [0, 0.1) is 18.3 Å². The number of hydrogen-bond donors (Lipinski definition) is 1. The van der Waals surface area contributed by atoms with E-state index in [4.69, 9.17) is 4.52 Å². The Labute approximate surface area is 126 Å². The molecule has 0 saturated heterocycles. The molecule has 3 rings (SSSR count). The third-order valence-electron chi connectivity index (χ3n) is 3.61. The number of anilines is 1. The van der Waals surface area contributed by atoms with Crippen LogP contribution in [-0.4, -0.2) is 11.1 Å². The molecule has 1 amide bonds. The van der Waals surface area contributed by atoms with Crippen LogP contribution in [0.1, 0.15) is 51.5 Å². The lowest BCUT2D eigenvalue weighted by atomic mass is 10.1. The quantitative estimate of drug-likeness (QED) is 0.862. The van der Waals surface area contributed by atoms with Gasteiger partial charge in [-0.3, -0.25) is 4.79 Å². The van der Waals surface area contributed by atoms with E-state index in [2.05, 4.69) is 16.5 Å². The molecule has 0 saturated carbocycles. The third kappa shape index (κ3) is 2.69. The Morgan fingerprint density at radius 1 is 1.43 bits per heavy atom. The molecule has 1 N–H and O–H groups in total.